The fourth-order valence-electron chi connectivity index (χ4n) is 2.72. The van der Waals surface area contributed by atoms with Gasteiger partial charge in [-0.1, -0.05) is 31.4 Å². The van der Waals surface area contributed by atoms with Crippen LogP contribution in [-0.4, -0.2) is 27.1 Å². The summed E-state index contributed by atoms with van der Waals surface area (Å²) in [6.45, 7) is 6.65. The molecular formula is C14H23ClN4. The summed E-state index contributed by atoms with van der Waals surface area (Å²) in [4.78, 5) is 8.46. The van der Waals surface area contributed by atoms with Gasteiger partial charge in [0.05, 0.1) is 0 Å². The Morgan fingerprint density at radius 3 is 2.63 bits per heavy atom. The summed E-state index contributed by atoms with van der Waals surface area (Å²) in [5, 5.41) is 2.87. The van der Waals surface area contributed by atoms with Crippen molar-refractivity contribution in [1.82, 2.24) is 15.0 Å². The second-order valence-electron chi connectivity index (χ2n) is 5.39. The van der Waals surface area contributed by atoms with Crippen LogP contribution in [0.15, 0.2) is 6.33 Å². The number of halogens is 1. The lowest BCUT2D eigenvalue weighted by molar-refractivity contribution is 0.135. The Hall–Kier alpha value is -0.870. The van der Waals surface area contributed by atoms with E-state index in [-0.39, 0.29) is 0 Å². The minimum atomic E-state index is 0.520. The molecule has 0 aliphatic carbocycles. The number of nitrogens with one attached hydrogen (secondary N) is 1. The first-order valence-electron chi connectivity index (χ1n) is 7.17. The second kappa shape index (κ2) is 6.53. The third-order valence-electron chi connectivity index (χ3n) is 3.82. The van der Waals surface area contributed by atoms with Crippen molar-refractivity contribution in [3.8, 4) is 0 Å². The van der Waals surface area contributed by atoms with Gasteiger partial charge in [0.2, 0.25) is 0 Å². The Morgan fingerprint density at radius 1 is 1.32 bits per heavy atom. The highest BCUT2D eigenvalue weighted by Crippen LogP contribution is 2.26. The number of piperidine rings is 1. The number of rotatable bonds is 4. The first kappa shape index (κ1) is 14.5. The van der Waals surface area contributed by atoms with Gasteiger partial charge in [0.15, 0.2) is 0 Å². The molecule has 2 atom stereocenters. The maximum Gasteiger partial charge on any atom is 0.148 e. The van der Waals surface area contributed by atoms with Gasteiger partial charge in [0.25, 0.3) is 0 Å². The topological polar surface area (TPSA) is 41.1 Å². The molecule has 5 heteroatoms. The van der Waals surface area contributed by atoms with Gasteiger partial charge in [-0.25, -0.2) is 15.0 Å². The molecule has 0 bridgehead atoms. The van der Waals surface area contributed by atoms with Crippen LogP contribution in [0.1, 0.15) is 52.0 Å². The van der Waals surface area contributed by atoms with E-state index < -0.39 is 0 Å². The lowest BCUT2D eigenvalue weighted by Crippen LogP contribution is -2.47. The average molecular weight is 283 g/mol. The molecule has 1 aromatic heterocycles. The largest absolute Gasteiger partial charge is 0.302 e. The monoisotopic (exact) mass is 282 g/mol. The van der Waals surface area contributed by atoms with E-state index in [0.717, 1.165) is 24.2 Å². The summed E-state index contributed by atoms with van der Waals surface area (Å²) >= 11 is 6.19. The number of aromatic nitrogens is 2. The van der Waals surface area contributed by atoms with Gasteiger partial charge in [-0.05, 0) is 33.1 Å². The van der Waals surface area contributed by atoms with Crippen LogP contribution in [0.2, 0.25) is 5.15 Å². The van der Waals surface area contributed by atoms with Crippen LogP contribution in [0, 0.1) is 0 Å². The maximum atomic E-state index is 6.19. The molecule has 0 saturated carbocycles. The Bertz CT molecular complexity index is 414. The fraction of sp³-hybridized carbons (Fsp3) is 0.714. The minimum absolute atomic E-state index is 0.520. The van der Waals surface area contributed by atoms with Gasteiger partial charge in [0, 0.05) is 17.6 Å². The van der Waals surface area contributed by atoms with Crippen molar-refractivity contribution in [3.05, 3.63) is 17.0 Å². The zero-order valence-corrected chi connectivity index (χ0v) is 12.7. The SMILES string of the molecule is CCCc1c(Cl)ncnc1NN1C(C)CCCC1C. The standard InChI is InChI=1S/C14H23ClN4/c1-4-6-12-13(15)16-9-17-14(12)18-19-10(2)7-5-8-11(19)3/h9-11H,4-8H2,1-3H3,(H,16,17,18). The Morgan fingerprint density at radius 2 is 2.00 bits per heavy atom. The van der Waals surface area contributed by atoms with Crippen LogP contribution in [0.5, 0.6) is 0 Å². The molecule has 106 valence electrons. The Balaban J connectivity index is 2.19. The molecule has 1 aliphatic rings. The second-order valence-corrected chi connectivity index (χ2v) is 5.75. The Labute approximate surface area is 120 Å². The molecule has 1 fully saturated rings. The van der Waals surface area contributed by atoms with E-state index in [2.05, 4.69) is 41.2 Å². The summed E-state index contributed by atoms with van der Waals surface area (Å²) in [7, 11) is 0. The fourth-order valence-corrected chi connectivity index (χ4v) is 2.95. The van der Waals surface area contributed by atoms with E-state index in [0.29, 0.717) is 17.2 Å². The first-order valence-corrected chi connectivity index (χ1v) is 7.55. The van der Waals surface area contributed by atoms with Gasteiger partial charge in [-0.3, -0.25) is 0 Å². The molecule has 19 heavy (non-hydrogen) atoms. The third-order valence-corrected chi connectivity index (χ3v) is 4.15. The van der Waals surface area contributed by atoms with Crippen molar-refractivity contribution < 1.29 is 0 Å². The third kappa shape index (κ3) is 3.37. The normalized spacial score (nSPS) is 24.4. The van der Waals surface area contributed by atoms with Crippen molar-refractivity contribution in [1.29, 1.82) is 0 Å². The van der Waals surface area contributed by atoms with E-state index in [1.165, 1.54) is 25.6 Å². The van der Waals surface area contributed by atoms with E-state index in [4.69, 9.17) is 11.6 Å². The summed E-state index contributed by atoms with van der Waals surface area (Å²) < 4.78 is 0. The van der Waals surface area contributed by atoms with E-state index in [1.807, 2.05) is 0 Å². The van der Waals surface area contributed by atoms with Crippen LogP contribution >= 0.6 is 11.6 Å². The van der Waals surface area contributed by atoms with Crippen molar-refractivity contribution in [2.24, 2.45) is 0 Å². The van der Waals surface area contributed by atoms with Gasteiger partial charge < -0.3 is 5.43 Å². The minimum Gasteiger partial charge on any atom is -0.302 e. The van der Waals surface area contributed by atoms with E-state index >= 15 is 0 Å². The van der Waals surface area contributed by atoms with Crippen LogP contribution in [0.25, 0.3) is 0 Å². The van der Waals surface area contributed by atoms with Crippen molar-refractivity contribution >= 4 is 17.4 Å². The smallest absolute Gasteiger partial charge is 0.148 e. The maximum absolute atomic E-state index is 6.19. The summed E-state index contributed by atoms with van der Waals surface area (Å²) in [6.07, 6.45) is 7.21. The molecule has 0 amide bonds. The van der Waals surface area contributed by atoms with E-state index in [1.54, 1.807) is 0 Å². The van der Waals surface area contributed by atoms with Crippen LogP contribution in [0.4, 0.5) is 5.82 Å². The molecule has 0 radical (unpaired) electrons. The molecule has 2 heterocycles. The van der Waals surface area contributed by atoms with Crippen LogP contribution < -0.4 is 5.43 Å². The highest BCUT2D eigenvalue weighted by Gasteiger charge is 2.25. The van der Waals surface area contributed by atoms with Gasteiger partial charge in [0.1, 0.15) is 17.3 Å². The van der Waals surface area contributed by atoms with Gasteiger partial charge in [-0.2, -0.15) is 0 Å². The number of hydrogen-bond acceptors (Lipinski definition) is 4. The van der Waals surface area contributed by atoms with Crippen molar-refractivity contribution in [3.63, 3.8) is 0 Å². The molecule has 1 N–H and O–H groups in total. The molecule has 1 saturated heterocycles. The van der Waals surface area contributed by atoms with Crippen molar-refractivity contribution in [2.45, 2.75) is 65.0 Å². The van der Waals surface area contributed by atoms with Crippen LogP contribution in [0.3, 0.4) is 0 Å². The van der Waals surface area contributed by atoms with E-state index in [9.17, 15) is 0 Å². The number of anilines is 1. The molecule has 1 aliphatic heterocycles. The molecule has 1 aromatic rings. The summed E-state index contributed by atoms with van der Waals surface area (Å²) in [5.41, 5.74) is 4.50. The number of nitrogens with zero attached hydrogens (tertiary/aromatic N) is 3. The molecule has 0 spiro atoms. The first-order chi connectivity index (χ1) is 9.13. The molecule has 2 unspecified atom stereocenters. The van der Waals surface area contributed by atoms with Crippen LogP contribution in [-0.2, 0) is 6.42 Å². The highest BCUT2D eigenvalue weighted by atomic mass is 35.5. The van der Waals surface area contributed by atoms with Gasteiger partial charge in [-0.15, -0.1) is 0 Å². The quantitative estimate of drug-likeness (QED) is 0.856. The number of hydrazine groups is 1. The lowest BCUT2D eigenvalue weighted by atomic mass is 10.00. The highest BCUT2D eigenvalue weighted by molar-refractivity contribution is 6.30. The lowest BCUT2D eigenvalue weighted by Gasteiger charge is -2.39. The Kier molecular flexibility index (Phi) is 4.99. The van der Waals surface area contributed by atoms with Crippen molar-refractivity contribution in [2.75, 3.05) is 5.43 Å². The molecular weight excluding hydrogens is 260 g/mol. The average Bonchev–Trinajstić information content (AvgIpc) is 2.38. The summed E-state index contributed by atoms with van der Waals surface area (Å²) in [6, 6.07) is 1.04. The molecule has 4 nitrogen and oxygen atoms in total. The number of hydrogen-bond donors (Lipinski definition) is 1. The zero-order chi connectivity index (χ0) is 13.8. The van der Waals surface area contributed by atoms with Gasteiger partial charge >= 0.3 is 0 Å². The molecule has 0 aromatic carbocycles. The predicted molar refractivity (Wildman–Crippen MR) is 79.3 cm³/mol. The summed E-state index contributed by atoms with van der Waals surface area (Å²) in [5.74, 6) is 0.863. The molecule has 2 rings (SSSR count). The zero-order valence-electron chi connectivity index (χ0n) is 12.0. The predicted octanol–water partition coefficient (Wildman–Crippen LogP) is 3.67.